The SMILES string of the molecule is O=C(Cc1ccc(OCCCC2CCN(c3ncc(Cl)cn3)CC2)cc1F)N1CC(CNC[C@H](O)[C@@H](O)[C@H](O)C(O)CO)C1. The third-order valence-corrected chi connectivity index (χ3v) is 8.51. The predicted octanol–water partition coefficient (Wildman–Crippen LogP) is 0.371. The number of nitrogens with zero attached hydrogens (tertiary/aromatic N) is 4. The van der Waals surface area contributed by atoms with Gasteiger partial charge in [-0.2, -0.15) is 0 Å². The van der Waals surface area contributed by atoms with Crippen molar-refractivity contribution in [2.45, 2.75) is 56.5 Å². The third-order valence-electron chi connectivity index (χ3n) is 8.32. The van der Waals surface area contributed by atoms with Gasteiger partial charge in [-0.25, -0.2) is 14.4 Å². The van der Waals surface area contributed by atoms with Crippen molar-refractivity contribution in [1.29, 1.82) is 0 Å². The van der Waals surface area contributed by atoms with E-state index in [9.17, 15) is 29.6 Å². The summed E-state index contributed by atoms with van der Waals surface area (Å²) in [5.74, 6) is 1.20. The van der Waals surface area contributed by atoms with Gasteiger partial charge in [0.1, 0.15) is 29.9 Å². The van der Waals surface area contributed by atoms with E-state index in [1.54, 1.807) is 29.4 Å². The van der Waals surface area contributed by atoms with Gasteiger partial charge < -0.3 is 45.4 Å². The average Bonchev–Trinajstić information content (AvgIpc) is 3.01. The Bertz CT molecular complexity index is 1180. The number of hydrogen-bond acceptors (Lipinski definition) is 11. The molecular formula is C30H43ClFN5O7. The van der Waals surface area contributed by atoms with Gasteiger partial charge in [-0.1, -0.05) is 17.7 Å². The van der Waals surface area contributed by atoms with E-state index in [-0.39, 0.29) is 24.8 Å². The summed E-state index contributed by atoms with van der Waals surface area (Å²) >= 11 is 5.87. The number of piperidine rings is 1. The van der Waals surface area contributed by atoms with Crippen LogP contribution in [0.4, 0.5) is 10.3 Å². The van der Waals surface area contributed by atoms with E-state index in [4.69, 9.17) is 21.4 Å². The minimum absolute atomic E-state index is 0.0409. The smallest absolute Gasteiger partial charge is 0.227 e. The monoisotopic (exact) mass is 639 g/mol. The zero-order chi connectivity index (χ0) is 31.6. The normalized spacial score (nSPS) is 18.9. The van der Waals surface area contributed by atoms with E-state index >= 15 is 0 Å². The molecule has 0 spiro atoms. The Morgan fingerprint density at radius 1 is 1.07 bits per heavy atom. The van der Waals surface area contributed by atoms with Crippen LogP contribution in [-0.4, -0.2) is 123 Å². The molecule has 14 heteroatoms. The number of hydrogen-bond donors (Lipinski definition) is 6. The second-order valence-corrected chi connectivity index (χ2v) is 12.1. The fraction of sp³-hybridized carbons (Fsp3) is 0.633. The van der Waals surface area contributed by atoms with Crippen molar-refractivity contribution in [1.82, 2.24) is 20.2 Å². The van der Waals surface area contributed by atoms with Crippen molar-refractivity contribution in [3.05, 3.63) is 47.0 Å². The third kappa shape index (κ3) is 9.67. The van der Waals surface area contributed by atoms with Gasteiger partial charge in [0.05, 0.1) is 43.2 Å². The Kier molecular flexibility index (Phi) is 12.9. The number of amides is 1. The molecule has 2 aliphatic rings. The Morgan fingerprint density at radius 3 is 2.41 bits per heavy atom. The van der Waals surface area contributed by atoms with Gasteiger partial charge in [-0.3, -0.25) is 4.79 Å². The van der Waals surface area contributed by atoms with Crippen LogP contribution in [0.15, 0.2) is 30.6 Å². The minimum Gasteiger partial charge on any atom is -0.493 e. The molecule has 3 heterocycles. The number of carbonyl (C=O) groups is 1. The van der Waals surface area contributed by atoms with Crippen molar-refractivity contribution in [2.24, 2.45) is 11.8 Å². The molecule has 0 aliphatic carbocycles. The van der Waals surface area contributed by atoms with Crippen molar-refractivity contribution in [3.63, 3.8) is 0 Å². The summed E-state index contributed by atoms with van der Waals surface area (Å²) in [6, 6.07) is 4.60. The van der Waals surface area contributed by atoms with Gasteiger partial charge in [0.25, 0.3) is 0 Å². The first-order chi connectivity index (χ1) is 21.1. The first-order valence-corrected chi connectivity index (χ1v) is 15.5. The van der Waals surface area contributed by atoms with E-state index < -0.39 is 36.8 Å². The van der Waals surface area contributed by atoms with Gasteiger partial charge in [0.2, 0.25) is 11.9 Å². The zero-order valence-corrected chi connectivity index (χ0v) is 25.4. The minimum atomic E-state index is -1.67. The molecule has 2 saturated heterocycles. The maximum Gasteiger partial charge on any atom is 0.227 e. The number of benzene rings is 1. The first-order valence-electron chi connectivity index (χ1n) is 15.1. The highest BCUT2D eigenvalue weighted by molar-refractivity contribution is 6.30. The molecule has 0 bridgehead atoms. The van der Waals surface area contributed by atoms with Crippen LogP contribution in [0.1, 0.15) is 31.2 Å². The van der Waals surface area contributed by atoms with E-state index in [1.807, 2.05) is 0 Å². The highest BCUT2D eigenvalue weighted by Crippen LogP contribution is 2.25. The molecule has 1 aromatic heterocycles. The molecule has 4 rings (SSSR count). The van der Waals surface area contributed by atoms with Crippen LogP contribution < -0.4 is 15.0 Å². The van der Waals surface area contributed by atoms with Crippen LogP contribution in [0, 0.1) is 17.7 Å². The lowest BCUT2D eigenvalue weighted by Crippen LogP contribution is -2.55. The molecule has 6 N–H and O–H groups in total. The van der Waals surface area contributed by atoms with Crippen molar-refractivity contribution >= 4 is 23.5 Å². The Morgan fingerprint density at radius 2 is 1.75 bits per heavy atom. The Labute approximate surface area is 261 Å². The topological polar surface area (TPSA) is 172 Å². The lowest BCUT2D eigenvalue weighted by atomic mass is 9.92. The molecule has 244 valence electrons. The number of ether oxygens (including phenoxy) is 1. The zero-order valence-electron chi connectivity index (χ0n) is 24.6. The quantitative estimate of drug-likeness (QED) is 0.140. The molecule has 44 heavy (non-hydrogen) atoms. The lowest BCUT2D eigenvalue weighted by Gasteiger charge is -2.39. The van der Waals surface area contributed by atoms with Gasteiger partial charge in [-0.05, 0) is 43.2 Å². The fourth-order valence-corrected chi connectivity index (χ4v) is 5.61. The molecule has 2 fully saturated rings. The molecule has 0 saturated carbocycles. The number of halogens is 2. The van der Waals surface area contributed by atoms with Gasteiger partial charge in [-0.15, -0.1) is 0 Å². The molecular weight excluding hydrogens is 597 g/mol. The van der Waals surface area contributed by atoms with Crippen molar-refractivity contribution in [3.8, 4) is 5.75 Å². The number of aliphatic hydroxyl groups is 5. The molecule has 12 nitrogen and oxygen atoms in total. The summed E-state index contributed by atoms with van der Waals surface area (Å²) in [7, 11) is 0. The molecule has 1 unspecified atom stereocenters. The van der Waals surface area contributed by atoms with E-state index in [1.165, 1.54) is 6.07 Å². The maximum atomic E-state index is 14.7. The van der Waals surface area contributed by atoms with Crippen LogP contribution in [0.5, 0.6) is 5.75 Å². The highest BCUT2D eigenvalue weighted by Gasteiger charge is 2.32. The van der Waals surface area contributed by atoms with Crippen molar-refractivity contribution in [2.75, 3.05) is 57.4 Å². The molecule has 2 aliphatic heterocycles. The summed E-state index contributed by atoms with van der Waals surface area (Å²) < 4.78 is 20.5. The Hall–Kier alpha value is -2.65. The average molecular weight is 640 g/mol. The number of carbonyl (C=O) groups excluding carboxylic acids is 1. The van der Waals surface area contributed by atoms with E-state index in [2.05, 4.69) is 20.2 Å². The molecule has 1 aromatic carbocycles. The predicted molar refractivity (Wildman–Crippen MR) is 161 cm³/mol. The molecule has 4 atom stereocenters. The van der Waals surface area contributed by atoms with Crippen molar-refractivity contribution < 1.29 is 39.5 Å². The van der Waals surface area contributed by atoms with Crippen LogP contribution in [0.25, 0.3) is 0 Å². The lowest BCUT2D eigenvalue weighted by molar-refractivity contribution is -0.136. The number of aliphatic hydroxyl groups excluding tert-OH is 5. The largest absolute Gasteiger partial charge is 0.493 e. The number of aromatic nitrogens is 2. The standard InChI is InChI=1S/C30H43ClFN5O7/c31-22-13-34-30(35-14-22)36-7-5-19(6-8-36)2-1-9-44-23-4-3-21(24(32)11-23)10-27(41)37-16-20(17-37)12-33-15-25(39)28(42)29(43)26(40)18-38/h3-4,11,13-14,19-20,25-26,28-29,33,38-40,42-43H,1-2,5-10,12,15-18H2/t25-,26?,28+,29+/m0/s1. The van der Waals surface area contributed by atoms with Crippen LogP contribution in [0.3, 0.4) is 0 Å². The van der Waals surface area contributed by atoms with E-state index in [0.29, 0.717) is 54.4 Å². The first kappa shape index (κ1) is 34.2. The van der Waals surface area contributed by atoms with Gasteiger partial charge in [0, 0.05) is 51.3 Å². The van der Waals surface area contributed by atoms with Crippen LogP contribution in [-0.2, 0) is 11.2 Å². The number of anilines is 1. The summed E-state index contributed by atoms with van der Waals surface area (Å²) in [5, 5.41) is 51.2. The number of nitrogens with one attached hydrogen (secondary N) is 1. The second-order valence-electron chi connectivity index (χ2n) is 11.7. The van der Waals surface area contributed by atoms with Gasteiger partial charge >= 0.3 is 0 Å². The summed E-state index contributed by atoms with van der Waals surface area (Å²) in [6.07, 6.45) is 0.958. The number of likely N-dealkylation sites (tertiary alicyclic amines) is 1. The van der Waals surface area contributed by atoms with Gasteiger partial charge in [0.15, 0.2) is 0 Å². The summed E-state index contributed by atoms with van der Waals surface area (Å²) in [4.78, 5) is 25.0. The van der Waals surface area contributed by atoms with E-state index in [0.717, 1.165) is 38.8 Å². The summed E-state index contributed by atoms with van der Waals surface area (Å²) in [5.41, 5.74) is 0.307. The summed E-state index contributed by atoms with van der Waals surface area (Å²) in [6.45, 7) is 2.92. The molecule has 1 amide bonds. The fourth-order valence-electron chi connectivity index (χ4n) is 5.51. The molecule has 0 radical (unpaired) electrons. The number of rotatable bonds is 16. The van der Waals surface area contributed by atoms with Crippen LogP contribution in [0.2, 0.25) is 5.02 Å². The molecule has 2 aromatic rings. The van der Waals surface area contributed by atoms with Crippen LogP contribution >= 0.6 is 11.6 Å². The second kappa shape index (κ2) is 16.6. The highest BCUT2D eigenvalue weighted by atomic mass is 35.5. The maximum absolute atomic E-state index is 14.7. The Balaban J connectivity index is 1.08.